The van der Waals surface area contributed by atoms with Crippen molar-refractivity contribution in [2.24, 2.45) is 0 Å². The number of aryl methyl sites for hydroxylation is 1. The average Bonchev–Trinajstić information content (AvgIpc) is 3.23. The second kappa shape index (κ2) is 10.1. The van der Waals surface area contributed by atoms with E-state index in [0.29, 0.717) is 12.6 Å². The number of thioether (sulfide) groups is 1. The van der Waals surface area contributed by atoms with Gasteiger partial charge in [0.2, 0.25) is 0 Å². The van der Waals surface area contributed by atoms with Crippen LogP contribution in [0.4, 0.5) is 0 Å². The number of hydrogen-bond donors (Lipinski definition) is 0. The van der Waals surface area contributed by atoms with Gasteiger partial charge in [0.15, 0.2) is 11.0 Å². The number of carbonyl (C=O) groups excluding carboxylic acids is 1. The quantitative estimate of drug-likeness (QED) is 0.329. The first kappa shape index (κ1) is 21.6. The number of nitrogens with zero attached hydrogens (tertiary/aromatic N) is 3. The molecule has 0 radical (unpaired) electrons. The van der Waals surface area contributed by atoms with E-state index >= 15 is 0 Å². The Bertz CT molecular complexity index is 995. The molecule has 2 aromatic carbocycles. The van der Waals surface area contributed by atoms with Crippen LogP contribution in [-0.2, 0) is 9.53 Å². The maximum absolute atomic E-state index is 12.8. The van der Waals surface area contributed by atoms with Crippen molar-refractivity contribution in [3.8, 4) is 11.4 Å². The zero-order valence-corrected chi connectivity index (χ0v) is 19.0. The minimum absolute atomic E-state index is 0.242. The zero-order chi connectivity index (χ0) is 21.6. The van der Waals surface area contributed by atoms with Crippen LogP contribution >= 0.6 is 11.8 Å². The molecular formula is C25H29N3O2S. The molecule has 0 bridgehead atoms. The lowest BCUT2D eigenvalue weighted by Gasteiger charge is -2.26. The van der Waals surface area contributed by atoms with Gasteiger partial charge in [-0.1, -0.05) is 91.2 Å². The average molecular weight is 436 g/mol. The zero-order valence-electron chi connectivity index (χ0n) is 18.2. The van der Waals surface area contributed by atoms with Crippen LogP contribution in [0.25, 0.3) is 11.4 Å². The molecule has 1 aliphatic carbocycles. The van der Waals surface area contributed by atoms with Crippen LogP contribution < -0.4 is 0 Å². The Labute approximate surface area is 188 Å². The Morgan fingerprint density at radius 3 is 2.45 bits per heavy atom. The molecule has 1 unspecified atom stereocenters. The summed E-state index contributed by atoms with van der Waals surface area (Å²) < 4.78 is 7.67. The first-order valence-electron chi connectivity index (χ1n) is 11.1. The van der Waals surface area contributed by atoms with E-state index in [9.17, 15) is 4.79 Å². The molecule has 1 aromatic heterocycles. The normalized spacial score (nSPS) is 15.5. The summed E-state index contributed by atoms with van der Waals surface area (Å²) in [7, 11) is 0. The molecule has 1 atom stereocenters. The smallest absolute Gasteiger partial charge is 0.324 e. The van der Waals surface area contributed by atoms with Gasteiger partial charge in [-0.15, -0.1) is 10.2 Å². The maximum atomic E-state index is 12.8. The van der Waals surface area contributed by atoms with Crippen molar-refractivity contribution in [1.82, 2.24) is 14.8 Å². The molecule has 6 heteroatoms. The highest BCUT2D eigenvalue weighted by Gasteiger charge is 2.30. The van der Waals surface area contributed by atoms with Gasteiger partial charge in [0.25, 0.3) is 0 Å². The van der Waals surface area contributed by atoms with Crippen LogP contribution in [0.2, 0.25) is 0 Å². The second-order valence-electron chi connectivity index (χ2n) is 7.99. The molecule has 0 amide bonds. The molecule has 0 spiro atoms. The van der Waals surface area contributed by atoms with E-state index in [1.54, 1.807) is 0 Å². The standard InChI is InChI=1S/C25H29N3O2S/c1-3-30-24(29)22(19-10-6-4-7-11-19)31-25-27-26-23(20-16-14-18(2)15-17-20)28(25)21-12-8-5-9-13-21/h4,6-7,10-11,14-17,21-22H,3,5,8-9,12-13H2,1-2H3. The van der Waals surface area contributed by atoms with Gasteiger partial charge >= 0.3 is 5.97 Å². The molecule has 1 fully saturated rings. The Kier molecular flexibility index (Phi) is 7.07. The van der Waals surface area contributed by atoms with Gasteiger partial charge < -0.3 is 4.74 Å². The first-order chi connectivity index (χ1) is 15.2. The fourth-order valence-corrected chi connectivity index (χ4v) is 5.23. The van der Waals surface area contributed by atoms with Crippen molar-refractivity contribution in [2.45, 2.75) is 62.4 Å². The van der Waals surface area contributed by atoms with Crippen molar-refractivity contribution in [3.05, 3.63) is 65.7 Å². The van der Waals surface area contributed by atoms with Gasteiger partial charge in [-0.2, -0.15) is 0 Å². The van der Waals surface area contributed by atoms with Crippen molar-refractivity contribution in [1.29, 1.82) is 0 Å². The number of ether oxygens (including phenoxy) is 1. The molecular weight excluding hydrogens is 406 g/mol. The van der Waals surface area contributed by atoms with Crippen molar-refractivity contribution in [2.75, 3.05) is 6.61 Å². The van der Waals surface area contributed by atoms with Gasteiger partial charge in [-0.3, -0.25) is 9.36 Å². The number of esters is 1. The number of rotatable bonds is 7. The lowest BCUT2D eigenvalue weighted by atomic mass is 9.95. The van der Waals surface area contributed by atoms with E-state index in [2.05, 4.69) is 46.0 Å². The van der Waals surface area contributed by atoms with Gasteiger partial charge in [-0.05, 0) is 32.3 Å². The molecule has 5 nitrogen and oxygen atoms in total. The Hall–Kier alpha value is -2.60. The van der Waals surface area contributed by atoms with E-state index in [0.717, 1.165) is 34.9 Å². The van der Waals surface area contributed by atoms with Crippen LogP contribution in [0.1, 0.15) is 61.4 Å². The number of aromatic nitrogens is 3. The molecule has 1 saturated carbocycles. The van der Waals surface area contributed by atoms with E-state index in [4.69, 9.17) is 4.74 Å². The van der Waals surface area contributed by atoms with Crippen molar-refractivity contribution < 1.29 is 9.53 Å². The molecule has 1 aliphatic rings. The SMILES string of the molecule is CCOC(=O)C(Sc1nnc(-c2ccc(C)cc2)n1C1CCCCC1)c1ccccc1. The third-order valence-corrected chi connectivity index (χ3v) is 6.93. The molecule has 4 rings (SSSR count). The van der Waals surface area contributed by atoms with Gasteiger partial charge in [0.05, 0.1) is 6.61 Å². The predicted molar refractivity (Wildman–Crippen MR) is 124 cm³/mol. The molecule has 162 valence electrons. The molecule has 1 heterocycles. The fourth-order valence-electron chi connectivity index (χ4n) is 4.13. The lowest BCUT2D eigenvalue weighted by molar-refractivity contribution is -0.142. The van der Waals surface area contributed by atoms with Gasteiger partial charge in [0, 0.05) is 11.6 Å². The van der Waals surface area contributed by atoms with Crippen LogP contribution in [0.15, 0.2) is 59.8 Å². The number of carbonyl (C=O) groups is 1. The van der Waals surface area contributed by atoms with Gasteiger partial charge in [-0.25, -0.2) is 0 Å². The van der Waals surface area contributed by atoms with E-state index < -0.39 is 5.25 Å². The molecule has 31 heavy (non-hydrogen) atoms. The summed E-state index contributed by atoms with van der Waals surface area (Å²) in [4.78, 5) is 12.8. The summed E-state index contributed by atoms with van der Waals surface area (Å²) in [6.07, 6.45) is 5.91. The maximum Gasteiger partial charge on any atom is 0.324 e. The summed E-state index contributed by atoms with van der Waals surface area (Å²) in [6, 6.07) is 18.6. The predicted octanol–water partition coefficient (Wildman–Crippen LogP) is 6.16. The Morgan fingerprint density at radius 2 is 1.77 bits per heavy atom. The molecule has 3 aromatic rings. The second-order valence-corrected chi connectivity index (χ2v) is 9.07. The summed E-state index contributed by atoms with van der Waals surface area (Å²) in [5.41, 5.74) is 3.19. The number of benzene rings is 2. The summed E-state index contributed by atoms with van der Waals surface area (Å²) in [5, 5.41) is 9.46. The molecule has 0 aliphatic heterocycles. The largest absolute Gasteiger partial charge is 0.465 e. The highest BCUT2D eigenvalue weighted by molar-refractivity contribution is 8.00. The van der Waals surface area contributed by atoms with Crippen LogP contribution in [0, 0.1) is 6.92 Å². The fraction of sp³-hybridized carbons (Fsp3) is 0.400. The lowest BCUT2D eigenvalue weighted by Crippen LogP contribution is -2.17. The summed E-state index contributed by atoms with van der Waals surface area (Å²) >= 11 is 1.44. The first-order valence-corrected chi connectivity index (χ1v) is 12.0. The monoisotopic (exact) mass is 435 g/mol. The minimum Gasteiger partial charge on any atom is -0.465 e. The minimum atomic E-state index is -0.474. The van der Waals surface area contributed by atoms with Crippen molar-refractivity contribution in [3.63, 3.8) is 0 Å². The van der Waals surface area contributed by atoms with Crippen molar-refractivity contribution >= 4 is 17.7 Å². The third-order valence-electron chi connectivity index (χ3n) is 5.74. The number of hydrogen-bond acceptors (Lipinski definition) is 5. The van der Waals surface area contributed by atoms with Gasteiger partial charge in [0.1, 0.15) is 5.25 Å². The highest BCUT2D eigenvalue weighted by atomic mass is 32.2. The van der Waals surface area contributed by atoms with Crippen LogP contribution in [-0.4, -0.2) is 27.3 Å². The third kappa shape index (κ3) is 5.01. The molecule has 0 N–H and O–H groups in total. The molecule has 0 saturated heterocycles. The van der Waals surface area contributed by atoms with Crippen LogP contribution in [0.3, 0.4) is 0 Å². The Balaban J connectivity index is 1.74. The Morgan fingerprint density at radius 1 is 1.06 bits per heavy atom. The summed E-state index contributed by atoms with van der Waals surface area (Å²) in [5.74, 6) is 0.638. The highest BCUT2D eigenvalue weighted by Crippen LogP contribution is 2.41. The van der Waals surface area contributed by atoms with Crippen LogP contribution in [0.5, 0.6) is 0 Å². The topological polar surface area (TPSA) is 57.0 Å². The summed E-state index contributed by atoms with van der Waals surface area (Å²) in [6.45, 7) is 4.28. The van der Waals surface area contributed by atoms with E-state index in [-0.39, 0.29) is 5.97 Å². The van der Waals surface area contributed by atoms with E-state index in [1.807, 2.05) is 37.3 Å². The van der Waals surface area contributed by atoms with E-state index in [1.165, 1.54) is 36.6 Å².